The smallest absolute Gasteiger partial charge is 0.250 e. The van der Waals surface area contributed by atoms with E-state index in [9.17, 15) is 9.59 Å². The predicted molar refractivity (Wildman–Crippen MR) is 75.5 cm³/mol. The fourth-order valence-electron chi connectivity index (χ4n) is 1.30. The third-order valence-electron chi connectivity index (χ3n) is 2.39. The fraction of sp³-hybridized carbons (Fsp3) is 0.385. The van der Waals surface area contributed by atoms with E-state index < -0.39 is 0 Å². The Labute approximate surface area is 117 Å². The molecule has 1 aromatic rings. The minimum absolute atomic E-state index is 0.00568. The van der Waals surface area contributed by atoms with Gasteiger partial charge in [0.1, 0.15) is 6.61 Å². The third-order valence-corrected chi connectivity index (χ3v) is 2.85. The van der Waals surface area contributed by atoms with E-state index in [2.05, 4.69) is 10.6 Å². The van der Waals surface area contributed by atoms with Gasteiger partial charge in [0, 0.05) is 30.3 Å². The molecule has 6 heteroatoms. The number of carbonyl (C=O) groups excluding carboxylic acids is 2. The molecule has 2 N–H and O–H groups in total. The molecule has 0 aliphatic heterocycles. The molecule has 19 heavy (non-hydrogen) atoms. The Balaban J connectivity index is 2.56. The lowest BCUT2D eigenvalue weighted by molar-refractivity contribution is -0.120. The Morgan fingerprint density at radius 3 is 2.21 bits per heavy atom. The molecule has 0 aliphatic carbocycles. The summed E-state index contributed by atoms with van der Waals surface area (Å²) in [6.45, 7) is 1.76. The Kier molecular flexibility index (Phi) is 6.32. The molecule has 1 rings (SSSR count). The highest BCUT2D eigenvalue weighted by Crippen LogP contribution is 2.14. The number of halogens is 1. The molecule has 1 unspecified atom stereocenters. The van der Waals surface area contributed by atoms with Crippen LogP contribution in [0, 0.1) is 5.92 Å². The van der Waals surface area contributed by atoms with E-state index >= 15 is 0 Å². The van der Waals surface area contributed by atoms with Crippen molar-refractivity contribution < 1.29 is 14.3 Å². The molecule has 5 nitrogen and oxygen atoms in total. The van der Waals surface area contributed by atoms with E-state index in [-0.39, 0.29) is 30.2 Å². The van der Waals surface area contributed by atoms with Gasteiger partial charge in [-0.15, -0.1) is 11.6 Å². The van der Waals surface area contributed by atoms with Crippen molar-refractivity contribution in [1.82, 2.24) is 0 Å². The molecular weight excluding hydrogens is 268 g/mol. The number of rotatable bonds is 6. The molecular formula is C13H17ClN2O3. The maximum Gasteiger partial charge on any atom is 0.250 e. The molecule has 0 saturated carbocycles. The molecule has 1 aromatic carbocycles. The summed E-state index contributed by atoms with van der Waals surface area (Å²) >= 11 is 5.61. The first-order chi connectivity index (χ1) is 9.06. The number of carbonyl (C=O) groups is 2. The normalized spacial score (nSPS) is 11.7. The Morgan fingerprint density at radius 2 is 1.74 bits per heavy atom. The second-order valence-corrected chi connectivity index (χ2v) is 4.41. The van der Waals surface area contributed by atoms with Crippen molar-refractivity contribution in [2.45, 2.75) is 6.92 Å². The molecule has 1 atom stereocenters. The van der Waals surface area contributed by atoms with E-state index in [1.807, 2.05) is 0 Å². The third kappa shape index (κ3) is 5.28. The van der Waals surface area contributed by atoms with Crippen LogP contribution in [0.15, 0.2) is 24.3 Å². The quantitative estimate of drug-likeness (QED) is 0.786. The molecule has 0 radical (unpaired) electrons. The lowest BCUT2D eigenvalue weighted by Crippen LogP contribution is -2.21. The largest absolute Gasteiger partial charge is 0.375 e. The van der Waals surface area contributed by atoms with E-state index in [4.69, 9.17) is 16.3 Å². The average Bonchev–Trinajstić information content (AvgIpc) is 2.40. The van der Waals surface area contributed by atoms with Crippen molar-refractivity contribution >= 4 is 34.8 Å². The van der Waals surface area contributed by atoms with Gasteiger partial charge in [-0.1, -0.05) is 6.92 Å². The first-order valence-electron chi connectivity index (χ1n) is 5.82. The molecule has 0 spiro atoms. The number of hydrogen-bond acceptors (Lipinski definition) is 3. The van der Waals surface area contributed by atoms with Gasteiger partial charge in [-0.25, -0.2) is 0 Å². The maximum absolute atomic E-state index is 11.6. The van der Waals surface area contributed by atoms with Crippen LogP contribution in [-0.4, -0.2) is 31.4 Å². The van der Waals surface area contributed by atoms with E-state index in [0.717, 1.165) is 0 Å². The van der Waals surface area contributed by atoms with Gasteiger partial charge in [0.2, 0.25) is 11.8 Å². The summed E-state index contributed by atoms with van der Waals surface area (Å²) in [5.41, 5.74) is 1.30. The summed E-state index contributed by atoms with van der Waals surface area (Å²) in [6, 6.07) is 6.83. The number of benzene rings is 1. The average molecular weight is 285 g/mol. The monoisotopic (exact) mass is 284 g/mol. The van der Waals surface area contributed by atoms with Crippen molar-refractivity contribution in [3.63, 3.8) is 0 Å². The molecule has 104 valence electrons. The first kappa shape index (κ1) is 15.5. The lowest BCUT2D eigenvalue weighted by Gasteiger charge is -2.10. The van der Waals surface area contributed by atoms with Gasteiger partial charge in [-0.2, -0.15) is 0 Å². The fourth-order valence-corrected chi connectivity index (χ4v) is 1.44. The van der Waals surface area contributed by atoms with Crippen LogP contribution in [0.2, 0.25) is 0 Å². The molecule has 0 fully saturated rings. The van der Waals surface area contributed by atoms with Gasteiger partial charge in [0.05, 0.1) is 0 Å². The van der Waals surface area contributed by atoms with Gasteiger partial charge in [-0.05, 0) is 24.3 Å². The van der Waals surface area contributed by atoms with E-state index in [1.165, 1.54) is 7.11 Å². The molecule has 0 aliphatic rings. The van der Waals surface area contributed by atoms with Gasteiger partial charge in [0.15, 0.2) is 0 Å². The number of amides is 2. The number of alkyl halides is 1. The summed E-state index contributed by atoms with van der Waals surface area (Å²) in [4.78, 5) is 22.9. The summed E-state index contributed by atoms with van der Waals surface area (Å²) in [5.74, 6) is -0.333. The van der Waals surface area contributed by atoms with Crippen LogP contribution >= 0.6 is 11.6 Å². The van der Waals surface area contributed by atoms with Crippen LogP contribution in [0.3, 0.4) is 0 Å². The first-order valence-corrected chi connectivity index (χ1v) is 6.36. The Hall–Kier alpha value is -1.59. The second kappa shape index (κ2) is 7.76. The maximum atomic E-state index is 11.6. The van der Waals surface area contributed by atoms with Crippen LogP contribution in [0.4, 0.5) is 11.4 Å². The summed E-state index contributed by atoms with van der Waals surface area (Å²) in [7, 11) is 1.45. The summed E-state index contributed by atoms with van der Waals surface area (Å²) < 4.78 is 4.71. The standard InChI is InChI=1S/C13H17ClN2O3/c1-9(7-14)13(18)16-11-5-3-10(4-6-11)15-12(17)8-19-2/h3-6,9H,7-8H2,1-2H3,(H,15,17)(H,16,18). The van der Waals surface area contributed by atoms with Gasteiger partial charge in [0.25, 0.3) is 0 Å². The van der Waals surface area contributed by atoms with Crippen molar-refractivity contribution in [3.05, 3.63) is 24.3 Å². The zero-order valence-corrected chi connectivity index (χ0v) is 11.7. The number of methoxy groups -OCH3 is 1. The highest BCUT2D eigenvalue weighted by Gasteiger charge is 2.11. The zero-order chi connectivity index (χ0) is 14.3. The number of anilines is 2. The minimum atomic E-state index is -0.247. The highest BCUT2D eigenvalue weighted by atomic mass is 35.5. The van der Waals surface area contributed by atoms with Crippen LogP contribution in [-0.2, 0) is 14.3 Å². The van der Waals surface area contributed by atoms with Crippen molar-refractivity contribution in [1.29, 1.82) is 0 Å². The van der Waals surface area contributed by atoms with E-state index in [1.54, 1.807) is 31.2 Å². The SMILES string of the molecule is COCC(=O)Nc1ccc(NC(=O)C(C)CCl)cc1. The van der Waals surface area contributed by atoms with Crippen LogP contribution < -0.4 is 10.6 Å². The van der Waals surface area contributed by atoms with Gasteiger partial charge < -0.3 is 15.4 Å². The molecule has 2 amide bonds. The van der Waals surface area contributed by atoms with E-state index in [0.29, 0.717) is 11.4 Å². The molecule has 0 saturated heterocycles. The second-order valence-electron chi connectivity index (χ2n) is 4.10. The van der Waals surface area contributed by atoms with Crippen molar-refractivity contribution in [3.8, 4) is 0 Å². The lowest BCUT2D eigenvalue weighted by atomic mass is 10.2. The topological polar surface area (TPSA) is 67.4 Å². The molecule has 0 aromatic heterocycles. The number of nitrogens with one attached hydrogen (secondary N) is 2. The van der Waals surface area contributed by atoms with Crippen LogP contribution in [0.5, 0.6) is 0 Å². The molecule has 0 bridgehead atoms. The van der Waals surface area contributed by atoms with Crippen LogP contribution in [0.25, 0.3) is 0 Å². The van der Waals surface area contributed by atoms with Crippen LogP contribution in [0.1, 0.15) is 6.92 Å². The Bertz CT molecular complexity index is 434. The van der Waals surface area contributed by atoms with Crippen molar-refractivity contribution in [2.24, 2.45) is 5.92 Å². The Morgan fingerprint density at radius 1 is 1.21 bits per heavy atom. The predicted octanol–water partition coefficient (Wildman–Crippen LogP) is 2.08. The molecule has 0 heterocycles. The van der Waals surface area contributed by atoms with Gasteiger partial charge >= 0.3 is 0 Å². The highest BCUT2D eigenvalue weighted by molar-refractivity contribution is 6.19. The summed E-state index contributed by atoms with van der Waals surface area (Å²) in [5, 5.41) is 5.40. The number of ether oxygens (including phenoxy) is 1. The number of hydrogen-bond donors (Lipinski definition) is 2. The van der Waals surface area contributed by atoms with Gasteiger partial charge in [-0.3, -0.25) is 9.59 Å². The minimum Gasteiger partial charge on any atom is -0.375 e. The zero-order valence-electron chi connectivity index (χ0n) is 10.9. The van der Waals surface area contributed by atoms with Crippen molar-refractivity contribution in [2.75, 3.05) is 30.2 Å². The summed E-state index contributed by atoms with van der Waals surface area (Å²) in [6.07, 6.45) is 0.